The number of rotatable bonds is 5. The number of hydrogen-bond acceptors (Lipinski definition) is 4. The molecule has 0 unspecified atom stereocenters. The van der Waals surface area contributed by atoms with Crippen LogP contribution in [0.1, 0.15) is 31.1 Å². The van der Waals surface area contributed by atoms with Crippen LogP contribution in [0.2, 0.25) is 0 Å². The molecule has 2 N–H and O–H groups in total. The van der Waals surface area contributed by atoms with Gasteiger partial charge in [0, 0.05) is 24.5 Å². The first kappa shape index (κ1) is 14.4. The zero-order chi connectivity index (χ0) is 13.7. The van der Waals surface area contributed by atoms with Crippen molar-refractivity contribution in [2.45, 2.75) is 20.8 Å². The molecule has 0 radical (unpaired) electrons. The Morgan fingerprint density at radius 1 is 1.44 bits per heavy atom. The van der Waals surface area contributed by atoms with Gasteiger partial charge in [0.25, 0.3) is 0 Å². The highest BCUT2D eigenvalue weighted by molar-refractivity contribution is 5.96. The molecule has 1 aromatic carbocycles. The van der Waals surface area contributed by atoms with Gasteiger partial charge in [0.2, 0.25) is 0 Å². The number of nitrogens with two attached hydrogens (primary N) is 1. The van der Waals surface area contributed by atoms with Crippen molar-refractivity contribution in [3.8, 4) is 0 Å². The van der Waals surface area contributed by atoms with Crippen LogP contribution in [-0.4, -0.2) is 26.2 Å². The molecule has 100 valence electrons. The van der Waals surface area contributed by atoms with Gasteiger partial charge in [-0.05, 0) is 31.0 Å². The summed E-state index contributed by atoms with van der Waals surface area (Å²) in [5, 5.41) is 0. The quantitative estimate of drug-likeness (QED) is 0.644. The topological polar surface area (TPSA) is 55.6 Å². The average Bonchev–Trinajstić information content (AvgIpc) is 2.35. The number of benzene rings is 1. The SMILES string of the molecule is CCN(CC(C)C)c1ccc(N)c(C(=O)OC)c1. The lowest BCUT2D eigenvalue weighted by Gasteiger charge is -2.25. The minimum atomic E-state index is -0.394. The minimum Gasteiger partial charge on any atom is -0.465 e. The molecule has 0 aromatic heterocycles. The van der Waals surface area contributed by atoms with Crippen LogP contribution in [-0.2, 0) is 4.74 Å². The Bertz CT molecular complexity index is 416. The van der Waals surface area contributed by atoms with E-state index in [0.29, 0.717) is 17.2 Å². The summed E-state index contributed by atoms with van der Waals surface area (Å²) in [6.45, 7) is 8.27. The van der Waals surface area contributed by atoms with E-state index in [4.69, 9.17) is 10.5 Å². The maximum atomic E-state index is 11.6. The zero-order valence-corrected chi connectivity index (χ0v) is 11.6. The van der Waals surface area contributed by atoms with Crippen LogP contribution in [0.15, 0.2) is 18.2 Å². The predicted octanol–water partition coefficient (Wildman–Crippen LogP) is 2.54. The van der Waals surface area contributed by atoms with Crippen molar-refractivity contribution in [3.63, 3.8) is 0 Å². The summed E-state index contributed by atoms with van der Waals surface area (Å²) in [5.74, 6) is 0.166. The monoisotopic (exact) mass is 250 g/mol. The second-order valence-corrected chi connectivity index (χ2v) is 4.70. The highest BCUT2D eigenvalue weighted by Gasteiger charge is 2.13. The lowest BCUT2D eigenvalue weighted by Crippen LogP contribution is -2.27. The minimum absolute atomic E-state index is 0.394. The van der Waals surface area contributed by atoms with Gasteiger partial charge in [0.1, 0.15) is 0 Å². The van der Waals surface area contributed by atoms with Crippen molar-refractivity contribution in [3.05, 3.63) is 23.8 Å². The number of carbonyl (C=O) groups is 1. The summed E-state index contributed by atoms with van der Waals surface area (Å²) >= 11 is 0. The largest absolute Gasteiger partial charge is 0.465 e. The molecule has 0 aliphatic carbocycles. The van der Waals surface area contributed by atoms with Gasteiger partial charge in [0.05, 0.1) is 12.7 Å². The van der Waals surface area contributed by atoms with Gasteiger partial charge >= 0.3 is 5.97 Å². The molecule has 18 heavy (non-hydrogen) atoms. The number of ether oxygens (including phenoxy) is 1. The third kappa shape index (κ3) is 3.39. The number of methoxy groups -OCH3 is 1. The first-order valence-corrected chi connectivity index (χ1v) is 6.22. The number of esters is 1. The fraction of sp³-hybridized carbons (Fsp3) is 0.500. The van der Waals surface area contributed by atoms with Crippen LogP contribution in [0.25, 0.3) is 0 Å². The van der Waals surface area contributed by atoms with Crippen molar-refractivity contribution in [2.75, 3.05) is 30.8 Å². The molecule has 0 saturated heterocycles. The second-order valence-electron chi connectivity index (χ2n) is 4.70. The standard InChI is InChI=1S/C14H22N2O2/c1-5-16(9-10(2)3)11-6-7-13(15)12(8-11)14(17)18-4/h6-8,10H,5,9,15H2,1-4H3. The Balaban J connectivity index is 3.06. The predicted molar refractivity (Wildman–Crippen MR) is 74.9 cm³/mol. The van der Waals surface area contributed by atoms with E-state index in [1.807, 2.05) is 6.07 Å². The Morgan fingerprint density at radius 3 is 2.61 bits per heavy atom. The van der Waals surface area contributed by atoms with Crippen LogP contribution >= 0.6 is 0 Å². The number of anilines is 2. The molecule has 4 nitrogen and oxygen atoms in total. The summed E-state index contributed by atoms with van der Waals surface area (Å²) in [5.41, 5.74) is 7.67. The Morgan fingerprint density at radius 2 is 2.11 bits per heavy atom. The summed E-state index contributed by atoms with van der Waals surface area (Å²) in [4.78, 5) is 13.8. The lowest BCUT2D eigenvalue weighted by atomic mass is 10.1. The van der Waals surface area contributed by atoms with Gasteiger partial charge in [-0.15, -0.1) is 0 Å². The molecule has 4 heteroatoms. The average molecular weight is 250 g/mol. The molecule has 0 aliphatic rings. The van der Waals surface area contributed by atoms with Crippen molar-refractivity contribution < 1.29 is 9.53 Å². The molecule has 1 rings (SSSR count). The van der Waals surface area contributed by atoms with Gasteiger partial charge in [-0.1, -0.05) is 13.8 Å². The van der Waals surface area contributed by atoms with E-state index in [-0.39, 0.29) is 0 Å². The molecule has 0 spiro atoms. The fourth-order valence-electron chi connectivity index (χ4n) is 1.89. The lowest BCUT2D eigenvalue weighted by molar-refractivity contribution is 0.0602. The number of hydrogen-bond donors (Lipinski definition) is 1. The molecule has 0 fully saturated rings. The van der Waals surface area contributed by atoms with Gasteiger partial charge in [-0.2, -0.15) is 0 Å². The van der Waals surface area contributed by atoms with Crippen LogP contribution in [0, 0.1) is 5.92 Å². The molecule has 0 amide bonds. The van der Waals surface area contributed by atoms with Crippen molar-refractivity contribution in [1.82, 2.24) is 0 Å². The number of carbonyl (C=O) groups excluding carboxylic acids is 1. The first-order chi connectivity index (χ1) is 8.49. The van der Waals surface area contributed by atoms with Crippen LogP contribution in [0.5, 0.6) is 0 Å². The highest BCUT2D eigenvalue weighted by atomic mass is 16.5. The maximum absolute atomic E-state index is 11.6. The fourth-order valence-corrected chi connectivity index (χ4v) is 1.89. The highest BCUT2D eigenvalue weighted by Crippen LogP contribution is 2.22. The zero-order valence-electron chi connectivity index (χ0n) is 11.6. The molecule has 0 atom stereocenters. The number of nitrogen functional groups attached to an aromatic ring is 1. The molecular weight excluding hydrogens is 228 g/mol. The third-order valence-corrected chi connectivity index (χ3v) is 2.77. The van der Waals surface area contributed by atoms with Gasteiger partial charge in [0.15, 0.2) is 0 Å². The smallest absolute Gasteiger partial charge is 0.340 e. The molecule has 0 bridgehead atoms. The van der Waals surface area contributed by atoms with Crippen LogP contribution < -0.4 is 10.6 Å². The van der Waals surface area contributed by atoms with Gasteiger partial charge < -0.3 is 15.4 Å². The summed E-state index contributed by atoms with van der Waals surface area (Å²) in [7, 11) is 1.36. The molecule has 0 saturated carbocycles. The summed E-state index contributed by atoms with van der Waals surface area (Å²) < 4.78 is 4.73. The second kappa shape index (κ2) is 6.28. The molecule has 0 aliphatic heterocycles. The van der Waals surface area contributed by atoms with Crippen LogP contribution in [0.4, 0.5) is 11.4 Å². The Hall–Kier alpha value is -1.71. The van der Waals surface area contributed by atoms with Crippen molar-refractivity contribution in [2.24, 2.45) is 5.92 Å². The van der Waals surface area contributed by atoms with Gasteiger partial charge in [-0.25, -0.2) is 4.79 Å². The van der Waals surface area contributed by atoms with E-state index in [1.165, 1.54) is 7.11 Å². The molecule has 0 heterocycles. The summed E-state index contributed by atoms with van der Waals surface area (Å²) in [6.07, 6.45) is 0. The Labute approximate surface area is 109 Å². The molecule has 1 aromatic rings. The first-order valence-electron chi connectivity index (χ1n) is 6.22. The summed E-state index contributed by atoms with van der Waals surface area (Å²) in [6, 6.07) is 5.49. The van der Waals surface area contributed by atoms with E-state index in [0.717, 1.165) is 18.8 Å². The van der Waals surface area contributed by atoms with E-state index in [9.17, 15) is 4.79 Å². The Kier molecular flexibility index (Phi) is 5.01. The normalized spacial score (nSPS) is 10.5. The maximum Gasteiger partial charge on any atom is 0.340 e. The van der Waals surface area contributed by atoms with Crippen LogP contribution in [0.3, 0.4) is 0 Å². The third-order valence-electron chi connectivity index (χ3n) is 2.77. The number of nitrogens with zero attached hydrogens (tertiary/aromatic N) is 1. The van der Waals surface area contributed by atoms with Crippen molar-refractivity contribution in [1.29, 1.82) is 0 Å². The van der Waals surface area contributed by atoms with E-state index >= 15 is 0 Å². The van der Waals surface area contributed by atoms with Gasteiger partial charge in [-0.3, -0.25) is 0 Å². The van der Waals surface area contributed by atoms with E-state index in [1.54, 1.807) is 12.1 Å². The van der Waals surface area contributed by atoms with E-state index in [2.05, 4.69) is 25.7 Å². The van der Waals surface area contributed by atoms with E-state index < -0.39 is 5.97 Å². The molecular formula is C14H22N2O2. The van der Waals surface area contributed by atoms with Crippen molar-refractivity contribution >= 4 is 17.3 Å².